The van der Waals surface area contributed by atoms with Gasteiger partial charge < -0.3 is 48.5 Å². The topological polar surface area (TPSA) is 142 Å². The second-order valence-corrected chi connectivity index (χ2v) is 12.0. The number of hydrogen-bond acceptors (Lipinski definition) is 11. The number of Topliss-reactive ketones (excluding diaryl/α,β-unsaturated/α-hetero) is 1. The van der Waals surface area contributed by atoms with Crippen LogP contribution in [0.25, 0.3) is 0 Å². The van der Waals surface area contributed by atoms with Crippen LogP contribution in [0.1, 0.15) is 77.3 Å². The number of ether oxygens (including phenoxy) is 7. The van der Waals surface area contributed by atoms with E-state index in [9.17, 15) is 20.1 Å². The van der Waals surface area contributed by atoms with E-state index < -0.39 is 30.0 Å². The third-order valence-electron chi connectivity index (χ3n) is 8.09. The molecule has 3 N–H and O–H groups in total. The summed E-state index contributed by atoms with van der Waals surface area (Å²) in [5.74, 6) is 0.0833. The molecule has 0 amide bonds. The fourth-order valence-electron chi connectivity index (χ4n) is 5.29. The Bertz CT molecular complexity index is 1440. The molecule has 0 radical (unpaired) electrons. The molecule has 0 aromatic heterocycles. The van der Waals surface area contributed by atoms with Gasteiger partial charge in [-0.3, -0.25) is 4.79 Å². The number of hydrogen-bond donors (Lipinski definition) is 3. The van der Waals surface area contributed by atoms with Crippen LogP contribution in [0.2, 0.25) is 0 Å². The first-order chi connectivity index (χ1) is 23.3. The number of para-hydroxylation sites is 1. The van der Waals surface area contributed by atoms with Crippen LogP contribution in [-0.2, 0) is 19.0 Å². The zero-order chi connectivity index (χ0) is 36.9. The summed E-state index contributed by atoms with van der Waals surface area (Å²) in [6.45, 7) is 11.8. The van der Waals surface area contributed by atoms with Crippen molar-refractivity contribution in [3.8, 4) is 28.7 Å². The lowest BCUT2D eigenvalue weighted by molar-refractivity contribution is -0.129. The van der Waals surface area contributed by atoms with Gasteiger partial charge in [0.1, 0.15) is 17.5 Å². The largest absolute Gasteiger partial charge is 0.504 e. The zero-order valence-corrected chi connectivity index (χ0v) is 30.5. The molecule has 11 heteroatoms. The predicted octanol–water partition coefficient (Wildman–Crippen LogP) is 6.58. The molecular formula is C38H54O11. The summed E-state index contributed by atoms with van der Waals surface area (Å²) >= 11 is 0. The highest BCUT2D eigenvalue weighted by molar-refractivity contribution is 6.03. The van der Waals surface area contributed by atoms with E-state index in [2.05, 4.69) is 20.4 Å². The predicted molar refractivity (Wildman–Crippen MR) is 187 cm³/mol. The van der Waals surface area contributed by atoms with Gasteiger partial charge in [-0.05, 0) is 63.5 Å². The summed E-state index contributed by atoms with van der Waals surface area (Å²) < 4.78 is 41.2. The minimum atomic E-state index is -1.68. The quantitative estimate of drug-likeness (QED) is 0.0745. The van der Waals surface area contributed by atoms with Crippen molar-refractivity contribution >= 4 is 5.78 Å². The second kappa shape index (κ2) is 19.0. The number of unbranched alkanes of at least 4 members (excludes halogenated alkanes) is 1. The lowest BCUT2D eigenvalue weighted by Crippen LogP contribution is -2.32. The molecule has 49 heavy (non-hydrogen) atoms. The number of allylic oxidation sites excluding steroid dienone is 2. The number of aliphatic hydroxyl groups is 2. The Hall–Kier alpha value is -4.35. The van der Waals surface area contributed by atoms with E-state index in [1.54, 1.807) is 37.3 Å². The summed E-state index contributed by atoms with van der Waals surface area (Å²) in [5, 5.41) is 32.6. The van der Waals surface area contributed by atoms with Gasteiger partial charge in [-0.2, -0.15) is 0 Å². The van der Waals surface area contributed by atoms with Gasteiger partial charge in [0, 0.05) is 11.1 Å². The monoisotopic (exact) mass is 686 g/mol. The Labute approximate surface area is 290 Å². The van der Waals surface area contributed by atoms with Gasteiger partial charge in [0.2, 0.25) is 5.75 Å². The second-order valence-electron chi connectivity index (χ2n) is 12.0. The highest BCUT2D eigenvalue weighted by Gasteiger charge is 2.34. The van der Waals surface area contributed by atoms with Gasteiger partial charge in [0.25, 0.3) is 0 Å². The number of aliphatic hydroxyl groups excluding tert-OH is 1. The normalized spacial score (nSPS) is 14.2. The van der Waals surface area contributed by atoms with Crippen molar-refractivity contribution in [2.24, 2.45) is 0 Å². The van der Waals surface area contributed by atoms with E-state index in [-0.39, 0.29) is 40.5 Å². The van der Waals surface area contributed by atoms with E-state index >= 15 is 0 Å². The molecule has 0 heterocycles. The van der Waals surface area contributed by atoms with Gasteiger partial charge in [-0.1, -0.05) is 45.4 Å². The molecule has 0 saturated heterocycles. The molecule has 2 aromatic carbocycles. The molecule has 272 valence electrons. The molecule has 0 spiro atoms. The van der Waals surface area contributed by atoms with Crippen LogP contribution in [0.5, 0.6) is 28.7 Å². The van der Waals surface area contributed by atoms with E-state index in [1.165, 1.54) is 55.5 Å². The maximum Gasteiger partial charge on any atom is 0.203 e. The van der Waals surface area contributed by atoms with Crippen LogP contribution in [0.15, 0.2) is 65.8 Å². The Kier molecular flexibility index (Phi) is 15.8. The molecule has 0 aliphatic heterocycles. The average molecular weight is 687 g/mol. The number of carbonyl (C=O) groups is 1. The van der Waals surface area contributed by atoms with Crippen LogP contribution < -0.4 is 18.9 Å². The number of benzene rings is 2. The Morgan fingerprint density at radius 1 is 0.980 bits per heavy atom. The lowest BCUT2D eigenvalue weighted by Gasteiger charge is -2.31. The smallest absolute Gasteiger partial charge is 0.203 e. The highest BCUT2D eigenvalue weighted by Crippen LogP contribution is 2.47. The van der Waals surface area contributed by atoms with Gasteiger partial charge in [0.05, 0.1) is 54.2 Å². The molecular weight excluding hydrogens is 632 g/mol. The first-order valence-electron chi connectivity index (χ1n) is 16.3. The Morgan fingerprint density at radius 2 is 1.59 bits per heavy atom. The van der Waals surface area contributed by atoms with E-state index in [0.29, 0.717) is 28.4 Å². The lowest BCUT2D eigenvalue weighted by atomic mass is 9.85. The summed E-state index contributed by atoms with van der Waals surface area (Å²) in [7, 11) is 7.29. The summed E-state index contributed by atoms with van der Waals surface area (Å²) in [6, 6.07) is 8.53. The maximum atomic E-state index is 12.8. The standard InChI is InChI=1S/C38H54O11/c1-12-14-16-26(13-2)48-36-30(46-10)20-25(21-31(36)47-11)33(27-17-15-18-28(44-8)34(27)40)32(22-39)49-35(24(4)43-7)29(45-9)19-23(3)37(41)38(5,6)42/h15,17-21,26,32-33,39-40,42H,3,12-14,16,22H2,1-2,4-11H3/b29-19+,35-24-. The minimum absolute atomic E-state index is 0.0433. The van der Waals surface area contributed by atoms with E-state index in [0.717, 1.165) is 25.7 Å². The van der Waals surface area contributed by atoms with Crippen molar-refractivity contribution in [1.82, 2.24) is 0 Å². The number of ketones is 1. The number of aromatic hydroxyl groups is 1. The summed E-state index contributed by atoms with van der Waals surface area (Å²) in [5.41, 5.74) is -0.822. The van der Waals surface area contributed by atoms with E-state index in [1.807, 2.05) is 0 Å². The molecule has 3 atom stereocenters. The molecule has 0 fully saturated rings. The van der Waals surface area contributed by atoms with Crippen LogP contribution in [0.4, 0.5) is 0 Å². The maximum absolute atomic E-state index is 12.8. The summed E-state index contributed by atoms with van der Waals surface area (Å²) in [4.78, 5) is 12.8. The van der Waals surface area contributed by atoms with Crippen LogP contribution >= 0.6 is 0 Å². The molecule has 0 aliphatic carbocycles. The van der Waals surface area contributed by atoms with Crippen molar-refractivity contribution in [1.29, 1.82) is 0 Å². The van der Waals surface area contributed by atoms with Crippen LogP contribution in [-0.4, -0.2) is 81.1 Å². The number of phenols is 1. The number of methoxy groups -OCH3 is 5. The first-order valence-corrected chi connectivity index (χ1v) is 16.3. The molecule has 0 bridgehead atoms. The van der Waals surface area contributed by atoms with Crippen molar-refractivity contribution < 1.29 is 53.3 Å². The summed E-state index contributed by atoms with van der Waals surface area (Å²) in [6.07, 6.45) is 3.83. The molecule has 2 aromatic rings. The SMILES string of the molecule is C=C(/C=C(OC)\C(OC(CO)C(c1cc(OC)c(OC(CC)CCCC)c(OC)c1)c1cccc(OC)c1O)=C(/C)OC)C(=O)C(C)(C)O. The number of phenolic OH excluding ortho intramolecular Hbond substituents is 1. The Morgan fingerprint density at radius 3 is 2.06 bits per heavy atom. The third-order valence-corrected chi connectivity index (χ3v) is 8.09. The zero-order valence-electron chi connectivity index (χ0n) is 30.5. The van der Waals surface area contributed by atoms with Crippen molar-refractivity contribution in [3.05, 3.63) is 77.0 Å². The highest BCUT2D eigenvalue weighted by atomic mass is 16.6. The molecule has 0 saturated carbocycles. The molecule has 3 unspecified atom stereocenters. The van der Waals surface area contributed by atoms with Gasteiger partial charge >= 0.3 is 0 Å². The molecule has 2 rings (SSSR count). The van der Waals surface area contributed by atoms with Gasteiger partial charge in [-0.25, -0.2) is 0 Å². The molecule has 0 aliphatic rings. The van der Waals surface area contributed by atoms with Crippen molar-refractivity contribution in [2.75, 3.05) is 42.2 Å². The van der Waals surface area contributed by atoms with Crippen molar-refractivity contribution in [2.45, 2.75) is 84.0 Å². The van der Waals surface area contributed by atoms with Gasteiger partial charge in [-0.15, -0.1) is 0 Å². The fourth-order valence-corrected chi connectivity index (χ4v) is 5.29. The molecule has 11 nitrogen and oxygen atoms in total. The first kappa shape index (κ1) is 40.8. The van der Waals surface area contributed by atoms with Crippen LogP contribution in [0.3, 0.4) is 0 Å². The van der Waals surface area contributed by atoms with Gasteiger partial charge in [0.15, 0.2) is 40.3 Å². The average Bonchev–Trinajstić information content (AvgIpc) is 3.09. The number of rotatable bonds is 21. The Balaban J connectivity index is 2.86. The third kappa shape index (κ3) is 10.3. The minimum Gasteiger partial charge on any atom is -0.504 e. The van der Waals surface area contributed by atoms with Crippen molar-refractivity contribution in [3.63, 3.8) is 0 Å². The van der Waals surface area contributed by atoms with Crippen LogP contribution in [0, 0.1) is 0 Å². The van der Waals surface area contributed by atoms with E-state index in [4.69, 9.17) is 33.2 Å². The fraction of sp³-hybridized carbons (Fsp3) is 0.500. The number of carbonyl (C=O) groups excluding carboxylic acids is 1.